The van der Waals surface area contributed by atoms with Gasteiger partial charge in [0.2, 0.25) is 5.91 Å². The lowest BCUT2D eigenvalue weighted by molar-refractivity contribution is -0.164. The fourth-order valence-corrected chi connectivity index (χ4v) is 7.20. The highest BCUT2D eigenvalue weighted by Crippen LogP contribution is 2.67. The van der Waals surface area contributed by atoms with Crippen LogP contribution in [0.15, 0.2) is 35.4 Å². The van der Waals surface area contributed by atoms with E-state index in [1.165, 1.54) is 0 Å². The maximum Gasteiger partial charge on any atom is 0.237 e. The van der Waals surface area contributed by atoms with Crippen LogP contribution in [-0.2, 0) is 9.67 Å². The number of β-lactam (4-membered cyclic amide) rings is 1. The molecule has 5 nitrogen and oxygen atoms in total. The molecule has 0 saturated carbocycles. The Morgan fingerprint density at radius 3 is 2.57 bits per heavy atom. The fourth-order valence-electron chi connectivity index (χ4n) is 3.64. The van der Waals surface area contributed by atoms with E-state index in [0.29, 0.717) is 5.92 Å². The van der Waals surface area contributed by atoms with Gasteiger partial charge in [-0.15, -0.1) is 23.5 Å². The molecule has 0 bridgehead atoms. The maximum atomic E-state index is 12.8. The Hall–Kier alpha value is -1.30. The smallest absolute Gasteiger partial charge is 0.237 e. The normalized spacial score (nSPS) is 35.7. The van der Waals surface area contributed by atoms with Crippen molar-refractivity contribution in [2.75, 3.05) is 6.26 Å². The highest BCUT2D eigenvalue weighted by Gasteiger charge is 2.73. The Bertz CT molecular complexity index is 676. The van der Waals surface area contributed by atoms with E-state index in [2.05, 4.69) is 37.1 Å². The number of benzene rings is 1. The first kappa shape index (κ1) is 16.6. The molecule has 0 aliphatic carbocycles. The summed E-state index contributed by atoms with van der Waals surface area (Å²) in [7, 11) is 0. The van der Waals surface area contributed by atoms with Gasteiger partial charge in [0.1, 0.15) is 4.87 Å². The summed E-state index contributed by atoms with van der Waals surface area (Å²) in [5.74, 6) is 0.237. The summed E-state index contributed by atoms with van der Waals surface area (Å²) in [5.41, 5.74) is 9.69. The number of carbonyl (C=O) groups is 1. The zero-order valence-electron chi connectivity index (χ0n) is 13.6. The minimum atomic E-state index is -0.671. The molecule has 2 aliphatic heterocycles. The van der Waals surface area contributed by atoms with Crippen molar-refractivity contribution in [3.8, 4) is 0 Å². The molecule has 2 heterocycles. The minimum absolute atomic E-state index is 0.0631. The molecular formula is C16H20N4OS2. The van der Waals surface area contributed by atoms with Crippen LogP contribution in [0.25, 0.3) is 10.4 Å². The zero-order valence-corrected chi connectivity index (χ0v) is 15.3. The summed E-state index contributed by atoms with van der Waals surface area (Å²) >= 11 is 3.52. The molecule has 0 spiro atoms. The Labute approximate surface area is 144 Å². The summed E-state index contributed by atoms with van der Waals surface area (Å²) in [6.07, 6.45) is 2.08. The third kappa shape index (κ3) is 1.96. The first-order chi connectivity index (χ1) is 10.9. The number of hydrogen-bond acceptors (Lipinski definition) is 4. The molecule has 1 aromatic carbocycles. The molecule has 2 saturated heterocycles. The number of rotatable bonds is 4. The molecule has 0 unspecified atom stereocenters. The second kappa shape index (κ2) is 5.65. The van der Waals surface area contributed by atoms with E-state index >= 15 is 0 Å². The molecule has 7 heteroatoms. The summed E-state index contributed by atoms with van der Waals surface area (Å²) in [5, 5.41) is 3.86. The lowest BCUT2D eigenvalue weighted by Crippen LogP contribution is -2.73. The van der Waals surface area contributed by atoms with Crippen molar-refractivity contribution in [1.82, 2.24) is 4.90 Å². The molecule has 0 radical (unpaired) electrons. The monoisotopic (exact) mass is 348 g/mol. The van der Waals surface area contributed by atoms with Crippen molar-refractivity contribution in [1.29, 1.82) is 0 Å². The van der Waals surface area contributed by atoms with Gasteiger partial charge in [-0.3, -0.25) is 4.79 Å². The average molecular weight is 348 g/mol. The number of hydrogen-bond donors (Lipinski definition) is 0. The van der Waals surface area contributed by atoms with Crippen molar-refractivity contribution in [3.63, 3.8) is 0 Å². The lowest BCUT2D eigenvalue weighted by Gasteiger charge is -2.57. The minimum Gasteiger partial charge on any atom is -0.315 e. The topological polar surface area (TPSA) is 69.1 Å². The van der Waals surface area contributed by atoms with Gasteiger partial charge >= 0.3 is 0 Å². The van der Waals surface area contributed by atoms with E-state index in [1.54, 1.807) is 23.5 Å². The molecule has 2 fully saturated rings. The number of thioether (sulfide) groups is 2. The van der Waals surface area contributed by atoms with Crippen molar-refractivity contribution < 1.29 is 4.79 Å². The predicted molar refractivity (Wildman–Crippen MR) is 96.0 cm³/mol. The molecular weight excluding hydrogens is 328 g/mol. The molecule has 3 rings (SSSR count). The van der Waals surface area contributed by atoms with Gasteiger partial charge in [0.15, 0.2) is 6.04 Å². The molecule has 122 valence electrons. The van der Waals surface area contributed by atoms with E-state index < -0.39 is 10.9 Å². The van der Waals surface area contributed by atoms with E-state index in [1.807, 2.05) is 35.2 Å². The standard InChI is InChI=1S/C16H20N4OS2/c1-10(2)15(3)14(22-4)23-16(11-8-6-5-7-9-11)12(18-19-17)13(21)20(15)16/h5-10,12,14H,1-4H3/t12-,14+,15-,16+/m0/s1. The first-order valence-corrected chi connectivity index (χ1v) is 9.75. The Balaban J connectivity index is 2.20. The van der Waals surface area contributed by atoms with Gasteiger partial charge < -0.3 is 4.90 Å². The van der Waals surface area contributed by atoms with Crippen molar-refractivity contribution in [2.45, 2.75) is 41.8 Å². The lowest BCUT2D eigenvalue weighted by atomic mass is 9.78. The average Bonchev–Trinajstić information content (AvgIpc) is 2.80. The number of carbonyl (C=O) groups excluding carboxylic acids is 1. The number of azide groups is 1. The highest BCUT2D eigenvalue weighted by atomic mass is 32.2. The summed E-state index contributed by atoms with van der Waals surface area (Å²) in [6.45, 7) is 6.46. The number of nitrogens with zero attached hydrogens (tertiary/aromatic N) is 4. The van der Waals surface area contributed by atoms with Crippen LogP contribution < -0.4 is 0 Å². The Morgan fingerprint density at radius 1 is 1.39 bits per heavy atom. The summed E-state index contributed by atoms with van der Waals surface area (Å²) in [4.78, 5) is 17.2. The quantitative estimate of drug-likeness (QED) is 0.354. The SMILES string of the molecule is CS[C@@H]1S[C@]2(c3ccccc3)[C@@H](N=[N+]=[N-])C(=O)N2[C@@]1(C)C(C)C. The first-order valence-electron chi connectivity index (χ1n) is 7.59. The largest absolute Gasteiger partial charge is 0.315 e. The van der Waals surface area contributed by atoms with Crippen molar-refractivity contribution >= 4 is 29.4 Å². The van der Waals surface area contributed by atoms with Crippen LogP contribution in [0.1, 0.15) is 26.3 Å². The zero-order chi connectivity index (χ0) is 16.8. The van der Waals surface area contributed by atoms with Gasteiger partial charge in [0.25, 0.3) is 0 Å². The van der Waals surface area contributed by atoms with Gasteiger partial charge in [0, 0.05) is 4.91 Å². The molecule has 23 heavy (non-hydrogen) atoms. The van der Waals surface area contributed by atoms with E-state index in [9.17, 15) is 4.79 Å². The number of amides is 1. The third-order valence-corrected chi connectivity index (χ3v) is 8.60. The van der Waals surface area contributed by atoms with E-state index in [4.69, 9.17) is 5.53 Å². The van der Waals surface area contributed by atoms with Gasteiger partial charge in [-0.05, 0) is 30.2 Å². The fraction of sp³-hybridized carbons (Fsp3) is 0.562. The van der Waals surface area contributed by atoms with Crippen molar-refractivity contribution in [2.24, 2.45) is 11.0 Å². The molecule has 4 atom stereocenters. The molecule has 0 N–H and O–H groups in total. The van der Waals surface area contributed by atoms with Gasteiger partial charge in [0.05, 0.1) is 10.1 Å². The second-order valence-electron chi connectivity index (χ2n) is 6.41. The van der Waals surface area contributed by atoms with Crippen LogP contribution >= 0.6 is 23.5 Å². The summed E-state index contributed by atoms with van der Waals surface area (Å²) in [6, 6.07) is 9.28. The predicted octanol–water partition coefficient (Wildman–Crippen LogP) is 4.21. The Morgan fingerprint density at radius 2 is 2.04 bits per heavy atom. The van der Waals surface area contributed by atoms with Crippen LogP contribution in [0.5, 0.6) is 0 Å². The highest BCUT2D eigenvalue weighted by molar-refractivity contribution is 8.17. The van der Waals surface area contributed by atoms with Gasteiger partial charge in [-0.25, -0.2) is 0 Å². The Kier molecular flexibility index (Phi) is 4.07. The van der Waals surface area contributed by atoms with Gasteiger partial charge in [-0.1, -0.05) is 49.3 Å². The second-order valence-corrected chi connectivity index (χ2v) is 8.98. The van der Waals surface area contributed by atoms with E-state index in [-0.39, 0.29) is 16.0 Å². The van der Waals surface area contributed by atoms with Crippen LogP contribution in [0.3, 0.4) is 0 Å². The van der Waals surface area contributed by atoms with Crippen molar-refractivity contribution in [3.05, 3.63) is 46.3 Å². The van der Waals surface area contributed by atoms with Crippen LogP contribution in [0.2, 0.25) is 0 Å². The van der Waals surface area contributed by atoms with E-state index in [0.717, 1.165) is 5.56 Å². The summed E-state index contributed by atoms with van der Waals surface area (Å²) < 4.78 is 0.227. The third-order valence-electron chi connectivity index (χ3n) is 5.14. The van der Waals surface area contributed by atoms with Crippen LogP contribution in [-0.4, -0.2) is 33.2 Å². The number of fused-ring (bicyclic) bond motifs is 1. The maximum absolute atomic E-state index is 12.8. The van der Waals surface area contributed by atoms with Crippen LogP contribution in [0, 0.1) is 5.92 Å². The molecule has 2 aliphatic rings. The van der Waals surface area contributed by atoms with Crippen LogP contribution in [0.4, 0.5) is 0 Å². The molecule has 1 amide bonds. The molecule has 0 aromatic heterocycles. The molecule has 1 aromatic rings. The van der Waals surface area contributed by atoms with Gasteiger partial charge in [-0.2, -0.15) is 0 Å².